The van der Waals surface area contributed by atoms with E-state index in [0.717, 1.165) is 9.13 Å². The number of hydrazone groups is 1. The van der Waals surface area contributed by atoms with E-state index in [1.807, 2.05) is 19.1 Å². The van der Waals surface area contributed by atoms with E-state index in [-0.39, 0.29) is 5.91 Å². The number of ether oxygens (including phenoxy) is 2. The third-order valence-corrected chi connectivity index (χ3v) is 2.91. The Morgan fingerprint density at radius 2 is 2.25 bits per heavy atom. The molecule has 1 rings (SSSR count). The van der Waals surface area contributed by atoms with Gasteiger partial charge in [-0.15, -0.1) is 0 Å². The Labute approximate surface area is 132 Å². The second-order valence-electron chi connectivity index (χ2n) is 3.79. The molecule has 0 aliphatic carbocycles. The minimum Gasteiger partial charge on any atom is -0.490 e. The number of hydrogen-bond acceptors (Lipinski definition) is 4. The number of rotatable bonds is 7. The summed E-state index contributed by atoms with van der Waals surface area (Å²) in [6.07, 6.45) is 3.24. The van der Waals surface area contributed by atoms with Crippen molar-refractivity contribution in [2.45, 2.75) is 13.8 Å². The molecule has 1 amide bonds. The summed E-state index contributed by atoms with van der Waals surface area (Å²) < 4.78 is 12.1. The molecule has 5 nitrogen and oxygen atoms in total. The Bertz CT molecular complexity index is 515. The Morgan fingerprint density at radius 1 is 1.50 bits per heavy atom. The van der Waals surface area contributed by atoms with Crippen molar-refractivity contribution in [2.24, 2.45) is 5.10 Å². The second kappa shape index (κ2) is 8.57. The summed E-state index contributed by atoms with van der Waals surface area (Å²) in [6.45, 7) is 7.88. The summed E-state index contributed by atoms with van der Waals surface area (Å²) in [7, 11) is 0. The van der Waals surface area contributed by atoms with E-state index in [1.165, 1.54) is 6.92 Å². The van der Waals surface area contributed by atoms with Gasteiger partial charge in [-0.3, -0.25) is 4.79 Å². The predicted octanol–water partition coefficient (Wildman–Crippen LogP) is 2.72. The molecule has 20 heavy (non-hydrogen) atoms. The van der Waals surface area contributed by atoms with E-state index in [0.29, 0.717) is 24.7 Å². The SMILES string of the molecule is C=CCOc1c(I)cc(/C=N\NC(C)=O)cc1OCC. The Balaban J connectivity index is 3.02. The maximum absolute atomic E-state index is 10.8. The topological polar surface area (TPSA) is 59.9 Å². The van der Waals surface area contributed by atoms with Gasteiger partial charge in [0.25, 0.3) is 0 Å². The molecule has 0 atom stereocenters. The van der Waals surface area contributed by atoms with Crippen molar-refractivity contribution < 1.29 is 14.3 Å². The lowest BCUT2D eigenvalue weighted by Crippen LogP contribution is -2.12. The monoisotopic (exact) mass is 388 g/mol. The molecule has 0 radical (unpaired) electrons. The largest absolute Gasteiger partial charge is 0.490 e. The fraction of sp³-hybridized carbons (Fsp3) is 0.286. The van der Waals surface area contributed by atoms with Crippen LogP contribution >= 0.6 is 22.6 Å². The quantitative estimate of drug-likeness (QED) is 0.338. The highest BCUT2D eigenvalue weighted by Gasteiger charge is 2.11. The lowest BCUT2D eigenvalue weighted by molar-refractivity contribution is -0.118. The minimum atomic E-state index is -0.216. The Kier molecular flexibility index (Phi) is 7.06. The van der Waals surface area contributed by atoms with Gasteiger partial charge in [0, 0.05) is 6.92 Å². The molecule has 6 heteroatoms. The van der Waals surface area contributed by atoms with Crippen LogP contribution in [0.15, 0.2) is 29.9 Å². The number of hydrogen-bond donors (Lipinski definition) is 1. The first-order chi connectivity index (χ1) is 9.58. The number of carbonyl (C=O) groups excluding carboxylic acids is 1. The summed E-state index contributed by atoms with van der Waals surface area (Å²) in [5.74, 6) is 1.11. The van der Waals surface area contributed by atoms with Gasteiger partial charge in [-0.05, 0) is 47.2 Å². The summed E-state index contributed by atoms with van der Waals surface area (Å²) >= 11 is 2.17. The lowest BCUT2D eigenvalue weighted by atomic mass is 10.2. The first-order valence-electron chi connectivity index (χ1n) is 6.08. The van der Waals surface area contributed by atoms with Gasteiger partial charge in [0.15, 0.2) is 11.5 Å². The normalized spacial score (nSPS) is 10.3. The summed E-state index contributed by atoms with van der Waals surface area (Å²) in [5, 5.41) is 3.83. The van der Waals surface area contributed by atoms with Gasteiger partial charge in [-0.25, -0.2) is 5.43 Å². The average molecular weight is 388 g/mol. The molecule has 1 aromatic rings. The van der Waals surface area contributed by atoms with Crippen LogP contribution in [0.4, 0.5) is 0 Å². The zero-order valence-corrected chi connectivity index (χ0v) is 13.6. The fourth-order valence-corrected chi connectivity index (χ4v) is 2.19. The molecule has 0 heterocycles. The van der Waals surface area contributed by atoms with Gasteiger partial charge in [-0.1, -0.05) is 12.7 Å². The van der Waals surface area contributed by atoms with Crippen LogP contribution in [0.5, 0.6) is 11.5 Å². The molecule has 108 valence electrons. The van der Waals surface area contributed by atoms with Crippen LogP contribution in [0.2, 0.25) is 0 Å². The molecule has 0 saturated heterocycles. The lowest BCUT2D eigenvalue weighted by Gasteiger charge is -2.13. The highest BCUT2D eigenvalue weighted by atomic mass is 127. The van der Waals surface area contributed by atoms with E-state index in [1.54, 1.807) is 12.3 Å². The van der Waals surface area contributed by atoms with E-state index in [4.69, 9.17) is 9.47 Å². The first-order valence-corrected chi connectivity index (χ1v) is 7.16. The van der Waals surface area contributed by atoms with Crippen LogP contribution < -0.4 is 14.9 Å². The van der Waals surface area contributed by atoms with E-state index in [2.05, 4.69) is 39.7 Å². The number of nitrogens with one attached hydrogen (secondary N) is 1. The van der Waals surface area contributed by atoms with Crippen molar-refractivity contribution >= 4 is 34.7 Å². The Hall–Kier alpha value is -1.57. The van der Waals surface area contributed by atoms with Gasteiger partial charge in [0.1, 0.15) is 6.61 Å². The molecule has 0 aromatic heterocycles. The van der Waals surface area contributed by atoms with Gasteiger partial charge in [-0.2, -0.15) is 5.10 Å². The third-order valence-electron chi connectivity index (χ3n) is 2.11. The van der Waals surface area contributed by atoms with Gasteiger partial charge >= 0.3 is 0 Å². The van der Waals surface area contributed by atoms with Crippen molar-refractivity contribution in [3.63, 3.8) is 0 Å². The van der Waals surface area contributed by atoms with E-state index < -0.39 is 0 Å². The smallest absolute Gasteiger partial charge is 0.236 e. The van der Waals surface area contributed by atoms with Crippen LogP contribution in [0, 0.1) is 3.57 Å². The van der Waals surface area contributed by atoms with Crippen molar-refractivity contribution in [3.05, 3.63) is 33.9 Å². The second-order valence-corrected chi connectivity index (χ2v) is 4.95. The third kappa shape index (κ3) is 5.20. The van der Waals surface area contributed by atoms with Crippen molar-refractivity contribution in [1.29, 1.82) is 0 Å². The standard InChI is InChI=1S/C14H17IN2O3/c1-4-6-20-14-12(15)7-11(8-13(14)19-5-2)9-16-17-10(3)18/h4,7-9H,1,5-6H2,2-3H3,(H,17,18)/b16-9-. The molecule has 0 fully saturated rings. The van der Waals surface area contributed by atoms with Crippen LogP contribution in [-0.2, 0) is 4.79 Å². The maximum atomic E-state index is 10.8. The molecule has 0 unspecified atom stereocenters. The summed E-state index contributed by atoms with van der Waals surface area (Å²) in [6, 6.07) is 3.71. The number of carbonyl (C=O) groups is 1. The van der Waals surface area contributed by atoms with Gasteiger partial charge < -0.3 is 9.47 Å². The molecule has 0 bridgehead atoms. The van der Waals surface area contributed by atoms with Crippen LogP contribution in [0.3, 0.4) is 0 Å². The van der Waals surface area contributed by atoms with E-state index in [9.17, 15) is 4.79 Å². The maximum Gasteiger partial charge on any atom is 0.236 e. The molecule has 1 aromatic carbocycles. The summed E-state index contributed by atoms with van der Waals surface area (Å²) in [4.78, 5) is 10.8. The summed E-state index contributed by atoms with van der Waals surface area (Å²) in [5.41, 5.74) is 3.17. The highest BCUT2D eigenvalue weighted by molar-refractivity contribution is 14.1. The zero-order chi connectivity index (χ0) is 15.0. The van der Waals surface area contributed by atoms with Crippen molar-refractivity contribution in [1.82, 2.24) is 5.43 Å². The molecular weight excluding hydrogens is 371 g/mol. The van der Waals surface area contributed by atoms with Crippen LogP contribution in [0.1, 0.15) is 19.4 Å². The molecule has 0 saturated carbocycles. The molecule has 1 N–H and O–H groups in total. The fourth-order valence-electron chi connectivity index (χ4n) is 1.41. The first kappa shape index (κ1) is 16.5. The Morgan fingerprint density at radius 3 is 2.85 bits per heavy atom. The molecule has 0 spiro atoms. The average Bonchev–Trinajstić information content (AvgIpc) is 2.38. The van der Waals surface area contributed by atoms with Crippen LogP contribution in [0.25, 0.3) is 0 Å². The molecule has 0 aliphatic rings. The molecule has 0 aliphatic heterocycles. The number of halogens is 1. The molecular formula is C14H17IN2O3. The number of benzene rings is 1. The number of amides is 1. The van der Waals surface area contributed by atoms with Crippen molar-refractivity contribution in [3.8, 4) is 11.5 Å². The predicted molar refractivity (Wildman–Crippen MR) is 87.4 cm³/mol. The van der Waals surface area contributed by atoms with E-state index >= 15 is 0 Å². The number of nitrogens with zero attached hydrogens (tertiary/aromatic N) is 1. The van der Waals surface area contributed by atoms with Crippen LogP contribution in [-0.4, -0.2) is 25.3 Å². The van der Waals surface area contributed by atoms with Gasteiger partial charge in [0.2, 0.25) is 5.91 Å². The van der Waals surface area contributed by atoms with Crippen molar-refractivity contribution in [2.75, 3.05) is 13.2 Å². The highest BCUT2D eigenvalue weighted by Crippen LogP contribution is 2.33. The van der Waals surface area contributed by atoms with Gasteiger partial charge in [0.05, 0.1) is 16.4 Å². The minimum absolute atomic E-state index is 0.216. The zero-order valence-electron chi connectivity index (χ0n) is 11.5.